The summed E-state index contributed by atoms with van der Waals surface area (Å²) >= 11 is 8.23. The molecule has 15 heteroatoms. The molecule has 4 amide bonds. The highest BCUT2D eigenvalue weighted by Crippen LogP contribution is 2.06. The lowest BCUT2D eigenvalue weighted by Crippen LogP contribution is -2.59. The van der Waals surface area contributed by atoms with Crippen LogP contribution in [-0.4, -0.2) is 94.7 Å². The molecule has 0 spiro atoms. The molecular formula is C24H38N6O7S2. The largest absolute Gasteiger partial charge is 0.480 e. The Hall–Kier alpha value is -2.85. The smallest absolute Gasteiger partial charge is 0.328 e. The summed E-state index contributed by atoms with van der Waals surface area (Å²) in [6.45, 7) is -0.380. The first-order valence-electron chi connectivity index (χ1n) is 12.3. The highest BCUT2D eigenvalue weighted by Gasteiger charge is 2.31. The van der Waals surface area contributed by atoms with Gasteiger partial charge in [0, 0.05) is 17.9 Å². The van der Waals surface area contributed by atoms with Gasteiger partial charge in [-0.15, -0.1) is 0 Å². The minimum atomic E-state index is -1.57. The van der Waals surface area contributed by atoms with Crippen molar-refractivity contribution in [3.8, 4) is 0 Å². The van der Waals surface area contributed by atoms with Gasteiger partial charge in [0.05, 0.1) is 12.6 Å². The molecule has 5 atom stereocenters. The Labute approximate surface area is 238 Å². The van der Waals surface area contributed by atoms with E-state index in [4.69, 9.17) is 16.6 Å². The number of amides is 4. The van der Waals surface area contributed by atoms with Gasteiger partial charge in [0.15, 0.2) is 0 Å². The Bertz CT molecular complexity index is 956. The van der Waals surface area contributed by atoms with Gasteiger partial charge in [-0.05, 0) is 24.9 Å². The summed E-state index contributed by atoms with van der Waals surface area (Å²) in [6.07, 6.45) is 1.74. The summed E-state index contributed by atoms with van der Waals surface area (Å²) in [4.78, 5) is 62.3. The molecule has 1 rings (SSSR count). The van der Waals surface area contributed by atoms with Gasteiger partial charge in [-0.2, -0.15) is 25.3 Å². The molecule has 0 aliphatic heterocycles. The van der Waals surface area contributed by atoms with Crippen LogP contribution in [0.25, 0.3) is 0 Å². The molecule has 1 aromatic rings. The predicted molar refractivity (Wildman–Crippen MR) is 151 cm³/mol. The van der Waals surface area contributed by atoms with Crippen molar-refractivity contribution in [1.29, 1.82) is 0 Å². The zero-order valence-electron chi connectivity index (χ0n) is 21.4. The van der Waals surface area contributed by atoms with Crippen molar-refractivity contribution in [3.63, 3.8) is 0 Å². The number of carboxylic acid groups (broad SMARTS) is 1. The van der Waals surface area contributed by atoms with E-state index in [0.717, 1.165) is 0 Å². The van der Waals surface area contributed by atoms with Crippen LogP contribution in [0.4, 0.5) is 0 Å². The minimum Gasteiger partial charge on any atom is -0.480 e. The van der Waals surface area contributed by atoms with Gasteiger partial charge in [-0.1, -0.05) is 36.8 Å². The van der Waals surface area contributed by atoms with E-state index in [1.807, 2.05) is 0 Å². The van der Waals surface area contributed by atoms with Crippen molar-refractivity contribution in [2.45, 2.75) is 55.9 Å². The Balaban J connectivity index is 2.92. The van der Waals surface area contributed by atoms with E-state index in [-0.39, 0.29) is 17.9 Å². The summed E-state index contributed by atoms with van der Waals surface area (Å²) < 4.78 is 0. The van der Waals surface area contributed by atoms with E-state index in [2.05, 4.69) is 46.5 Å². The van der Waals surface area contributed by atoms with Crippen molar-refractivity contribution in [3.05, 3.63) is 35.9 Å². The van der Waals surface area contributed by atoms with Gasteiger partial charge < -0.3 is 42.9 Å². The third-order valence-corrected chi connectivity index (χ3v) is 6.38. The van der Waals surface area contributed by atoms with Crippen molar-refractivity contribution >= 4 is 54.9 Å². The number of rotatable bonds is 18. The predicted octanol–water partition coefficient (Wildman–Crippen LogP) is -2.44. The number of nitrogens with two attached hydrogens (primary N) is 2. The number of carbonyl (C=O) groups is 5. The van der Waals surface area contributed by atoms with Crippen LogP contribution in [0, 0.1) is 0 Å². The fraction of sp³-hybridized carbons (Fsp3) is 0.542. The average molecular weight is 587 g/mol. The lowest BCUT2D eigenvalue weighted by molar-refractivity contribution is -0.143. The Kier molecular flexibility index (Phi) is 16.2. The third kappa shape index (κ3) is 12.3. The van der Waals surface area contributed by atoms with Gasteiger partial charge in [0.1, 0.15) is 24.2 Å². The molecule has 0 heterocycles. The molecule has 0 bridgehead atoms. The molecule has 1 aromatic carbocycles. The number of thiol groups is 2. The van der Waals surface area contributed by atoms with Crippen molar-refractivity contribution in [1.82, 2.24) is 21.3 Å². The highest BCUT2D eigenvalue weighted by molar-refractivity contribution is 7.80. The number of aliphatic hydroxyl groups is 1. The van der Waals surface area contributed by atoms with E-state index in [1.165, 1.54) is 0 Å². The standard InChI is InChI=1S/C24H38N6O7S2/c25-9-5-4-8-15(26)20(32)29-18(12-38)23(35)30-19(13-39)22(34)27-16(10-14-6-2-1-3-7-14)21(33)28-17(11-31)24(36)37/h1-3,6-7,15-19,31,38-39H,4-5,8-13,25-26H2,(H,27,34)(H,28,33)(H,29,32)(H,30,35)(H,36,37)/t15-,16-,17-,18-,19-/m0/s1. The number of nitrogens with one attached hydrogen (secondary N) is 4. The number of hydrogen-bond donors (Lipinski definition) is 10. The molecule has 13 nitrogen and oxygen atoms in total. The van der Waals surface area contributed by atoms with Crippen LogP contribution in [0.5, 0.6) is 0 Å². The molecular weight excluding hydrogens is 548 g/mol. The zero-order valence-corrected chi connectivity index (χ0v) is 23.2. The van der Waals surface area contributed by atoms with E-state index in [1.54, 1.807) is 30.3 Å². The maximum absolute atomic E-state index is 13.0. The number of unbranched alkanes of at least 4 members (excludes halogenated alkanes) is 1. The van der Waals surface area contributed by atoms with Gasteiger partial charge in [0.25, 0.3) is 0 Å². The number of benzene rings is 1. The van der Waals surface area contributed by atoms with Crippen LogP contribution >= 0.6 is 25.3 Å². The summed E-state index contributed by atoms with van der Waals surface area (Å²) in [5, 5.41) is 28.1. The molecule has 0 fully saturated rings. The van der Waals surface area contributed by atoms with E-state index < -0.39 is 66.4 Å². The first-order chi connectivity index (χ1) is 18.6. The SMILES string of the molecule is NCCCC[C@H](N)C(=O)N[C@@H](CS)C(=O)N[C@@H](CS)C(=O)N[C@@H](Cc1ccccc1)C(=O)N[C@@H](CO)C(=O)O. The molecule has 0 aliphatic carbocycles. The molecule has 10 N–H and O–H groups in total. The quantitative estimate of drug-likeness (QED) is 0.0650. The highest BCUT2D eigenvalue weighted by atomic mass is 32.1. The van der Waals surface area contributed by atoms with E-state index in [9.17, 15) is 29.1 Å². The zero-order chi connectivity index (χ0) is 29.4. The van der Waals surface area contributed by atoms with Crippen LogP contribution in [0.1, 0.15) is 24.8 Å². The molecule has 0 saturated heterocycles. The maximum Gasteiger partial charge on any atom is 0.328 e. The van der Waals surface area contributed by atoms with Gasteiger partial charge in [0.2, 0.25) is 23.6 Å². The summed E-state index contributed by atoms with van der Waals surface area (Å²) in [7, 11) is 0. The van der Waals surface area contributed by atoms with E-state index >= 15 is 0 Å². The van der Waals surface area contributed by atoms with Crippen LogP contribution < -0.4 is 32.7 Å². The molecule has 0 aromatic heterocycles. The number of aliphatic carboxylic acids is 1. The number of carboxylic acids is 1. The number of hydrogen-bond acceptors (Lipinski definition) is 10. The topological polar surface area (TPSA) is 226 Å². The van der Waals surface area contributed by atoms with Crippen LogP contribution in [0.15, 0.2) is 30.3 Å². The molecule has 0 aliphatic rings. The minimum absolute atomic E-state index is 0.000780. The normalized spacial score (nSPS) is 14.7. The lowest BCUT2D eigenvalue weighted by atomic mass is 10.0. The molecule has 0 radical (unpaired) electrons. The number of aliphatic hydroxyl groups excluding tert-OH is 1. The first-order valence-corrected chi connectivity index (χ1v) is 13.6. The number of carbonyl (C=O) groups excluding carboxylic acids is 4. The summed E-state index contributed by atoms with van der Waals surface area (Å²) in [5.41, 5.74) is 12.0. The fourth-order valence-corrected chi connectivity index (χ4v) is 3.88. The molecule has 39 heavy (non-hydrogen) atoms. The summed E-state index contributed by atoms with van der Waals surface area (Å²) in [6, 6.07) is 2.69. The lowest BCUT2D eigenvalue weighted by Gasteiger charge is -2.25. The fourth-order valence-electron chi connectivity index (χ4n) is 3.37. The van der Waals surface area contributed by atoms with Crippen molar-refractivity contribution < 1.29 is 34.2 Å². The van der Waals surface area contributed by atoms with Crippen molar-refractivity contribution in [2.75, 3.05) is 24.7 Å². The summed E-state index contributed by atoms with van der Waals surface area (Å²) in [5.74, 6) is -4.56. The van der Waals surface area contributed by atoms with E-state index in [0.29, 0.717) is 31.4 Å². The van der Waals surface area contributed by atoms with Gasteiger partial charge in [-0.3, -0.25) is 19.2 Å². The second-order valence-electron chi connectivity index (χ2n) is 8.71. The monoisotopic (exact) mass is 586 g/mol. The van der Waals surface area contributed by atoms with Crippen LogP contribution in [0.2, 0.25) is 0 Å². The van der Waals surface area contributed by atoms with Crippen LogP contribution in [0.3, 0.4) is 0 Å². The van der Waals surface area contributed by atoms with Crippen LogP contribution in [-0.2, 0) is 30.4 Å². The van der Waals surface area contributed by atoms with Gasteiger partial charge in [-0.25, -0.2) is 4.79 Å². The maximum atomic E-state index is 13.0. The van der Waals surface area contributed by atoms with Crippen molar-refractivity contribution in [2.24, 2.45) is 11.5 Å². The molecule has 0 saturated carbocycles. The first kappa shape index (κ1) is 34.2. The average Bonchev–Trinajstić information content (AvgIpc) is 2.92. The Morgan fingerprint density at radius 1 is 0.769 bits per heavy atom. The molecule has 0 unspecified atom stereocenters. The Morgan fingerprint density at radius 2 is 1.26 bits per heavy atom. The second-order valence-corrected chi connectivity index (χ2v) is 9.44. The third-order valence-electron chi connectivity index (χ3n) is 5.65. The second kappa shape index (κ2) is 18.4. The van der Waals surface area contributed by atoms with Gasteiger partial charge >= 0.3 is 5.97 Å². The molecule has 218 valence electrons. The Morgan fingerprint density at radius 3 is 1.74 bits per heavy atom.